The summed E-state index contributed by atoms with van der Waals surface area (Å²) in [4.78, 5) is 29.9. The summed E-state index contributed by atoms with van der Waals surface area (Å²) >= 11 is 0. The lowest BCUT2D eigenvalue weighted by molar-refractivity contribution is -0.134. The Balaban J connectivity index is 1.65. The van der Waals surface area contributed by atoms with Gasteiger partial charge in [-0.15, -0.1) is 0 Å². The van der Waals surface area contributed by atoms with Gasteiger partial charge < -0.3 is 9.80 Å². The molecule has 25 heavy (non-hydrogen) atoms. The second-order valence-corrected chi connectivity index (χ2v) is 6.74. The first-order valence-electron chi connectivity index (χ1n) is 8.69. The van der Waals surface area contributed by atoms with Crippen LogP contribution in [-0.4, -0.2) is 61.7 Å². The number of amides is 1. The summed E-state index contributed by atoms with van der Waals surface area (Å²) in [5.41, 5.74) is 0.979. The fraction of sp³-hybridized carbons (Fsp3) is 0.588. The molecule has 134 valence electrons. The lowest BCUT2D eigenvalue weighted by atomic mass is 10.2. The van der Waals surface area contributed by atoms with Crippen LogP contribution in [0, 0.1) is 6.92 Å². The quantitative estimate of drug-likeness (QED) is 0.835. The minimum atomic E-state index is -0.331. The Hall–Kier alpha value is -2.51. The second-order valence-electron chi connectivity index (χ2n) is 6.74. The number of anilines is 1. The van der Waals surface area contributed by atoms with E-state index in [1.165, 1.54) is 6.33 Å². The Morgan fingerprint density at radius 3 is 2.44 bits per heavy atom. The molecule has 0 aromatic carbocycles. The minimum Gasteiger partial charge on any atom is -0.353 e. The lowest BCUT2D eigenvalue weighted by Gasteiger charge is -2.36. The summed E-state index contributed by atoms with van der Waals surface area (Å²) < 4.78 is 1.59. The van der Waals surface area contributed by atoms with Crippen LogP contribution in [0.25, 0.3) is 0 Å². The molecule has 2 aromatic rings. The largest absolute Gasteiger partial charge is 0.353 e. The van der Waals surface area contributed by atoms with Crippen LogP contribution in [0.15, 0.2) is 18.7 Å². The van der Waals surface area contributed by atoms with Crippen molar-refractivity contribution >= 4 is 11.7 Å². The average Bonchev–Trinajstić information content (AvgIpc) is 3.14. The zero-order valence-electron chi connectivity index (χ0n) is 15.3. The van der Waals surface area contributed by atoms with Gasteiger partial charge in [-0.25, -0.2) is 19.6 Å². The van der Waals surface area contributed by atoms with Crippen molar-refractivity contribution < 1.29 is 4.79 Å². The minimum absolute atomic E-state index is 0.0758. The van der Waals surface area contributed by atoms with Crippen LogP contribution < -0.4 is 4.90 Å². The third kappa shape index (κ3) is 3.78. The Morgan fingerprint density at radius 1 is 1.12 bits per heavy atom. The predicted octanol–water partition coefficient (Wildman–Crippen LogP) is 1.41. The molecule has 1 saturated heterocycles. The fourth-order valence-corrected chi connectivity index (χ4v) is 2.95. The molecule has 8 heteroatoms. The molecule has 3 rings (SSSR count). The third-order valence-electron chi connectivity index (χ3n) is 4.48. The normalized spacial score (nSPS) is 16.4. The number of rotatable bonds is 4. The van der Waals surface area contributed by atoms with Crippen LogP contribution in [0.5, 0.6) is 0 Å². The van der Waals surface area contributed by atoms with E-state index in [1.54, 1.807) is 11.0 Å². The van der Waals surface area contributed by atoms with Crippen LogP contribution >= 0.6 is 0 Å². The van der Waals surface area contributed by atoms with Gasteiger partial charge in [-0.3, -0.25) is 4.79 Å². The zero-order chi connectivity index (χ0) is 18.0. The Bertz CT molecular complexity index is 721. The van der Waals surface area contributed by atoms with Crippen molar-refractivity contribution in [2.45, 2.75) is 39.7 Å². The van der Waals surface area contributed by atoms with Crippen molar-refractivity contribution in [3.05, 3.63) is 30.2 Å². The van der Waals surface area contributed by atoms with E-state index in [9.17, 15) is 4.79 Å². The maximum absolute atomic E-state index is 12.6. The Morgan fingerprint density at radius 2 is 1.84 bits per heavy atom. The smallest absolute Gasteiger partial charge is 0.247 e. The molecule has 0 spiro atoms. The molecule has 3 heterocycles. The zero-order valence-corrected chi connectivity index (χ0v) is 15.3. The SMILES string of the molecule is Cc1cc(N2CCN(C(=O)C(C)n3cncn3)CC2)nc(C(C)C)n1. The van der Waals surface area contributed by atoms with Gasteiger partial charge in [0.25, 0.3) is 0 Å². The van der Waals surface area contributed by atoms with Crippen LogP contribution in [0.1, 0.15) is 44.2 Å². The number of nitrogens with zero attached hydrogens (tertiary/aromatic N) is 7. The average molecular weight is 343 g/mol. The van der Waals surface area contributed by atoms with E-state index >= 15 is 0 Å². The second kappa shape index (κ2) is 7.16. The van der Waals surface area contributed by atoms with Gasteiger partial charge in [0.05, 0.1) is 0 Å². The molecule has 0 N–H and O–H groups in total. The first-order valence-corrected chi connectivity index (χ1v) is 8.69. The van der Waals surface area contributed by atoms with Gasteiger partial charge in [0.15, 0.2) is 0 Å². The third-order valence-corrected chi connectivity index (χ3v) is 4.48. The topological polar surface area (TPSA) is 80.0 Å². The molecule has 2 aromatic heterocycles. The molecule has 0 radical (unpaired) electrons. The van der Waals surface area contributed by atoms with Crippen LogP contribution in [0.3, 0.4) is 0 Å². The standard InChI is InChI=1S/C17H25N7O/c1-12(2)16-20-13(3)9-15(21-16)22-5-7-23(8-6-22)17(25)14(4)24-11-18-10-19-24/h9-12,14H,5-8H2,1-4H3. The van der Waals surface area contributed by atoms with Crippen molar-refractivity contribution in [3.63, 3.8) is 0 Å². The highest BCUT2D eigenvalue weighted by atomic mass is 16.2. The number of aryl methyl sites for hydroxylation is 1. The molecule has 0 saturated carbocycles. The van der Waals surface area contributed by atoms with Crippen molar-refractivity contribution in [1.29, 1.82) is 0 Å². The fourth-order valence-electron chi connectivity index (χ4n) is 2.95. The van der Waals surface area contributed by atoms with Gasteiger partial charge in [-0.05, 0) is 13.8 Å². The van der Waals surface area contributed by atoms with Crippen molar-refractivity contribution in [2.24, 2.45) is 0 Å². The molecule has 0 aliphatic carbocycles. The van der Waals surface area contributed by atoms with Crippen molar-refractivity contribution in [1.82, 2.24) is 29.6 Å². The van der Waals surface area contributed by atoms with Gasteiger partial charge in [-0.2, -0.15) is 5.10 Å². The highest BCUT2D eigenvalue weighted by Crippen LogP contribution is 2.19. The Labute approximate surface area is 147 Å². The molecule has 1 fully saturated rings. The van der Waals surface area contributed by atoms with Crippen LogP contribution in [0.4, 0.5) is 5.82 Å². The van der Waals surface area contributed by atoms with Crippen molar-refractivity contribution in [2.75, 3.05) is 31.1 Å². The summed E-state index contributed by atoms with van der Waals surface area (Å²) in [6, 6.07) is 1.68. The monoisotopic (exact) mass is 343 g/mol. The van der Waals surface area contributed by atoms with Gasteiger partial charge in [0, 0.05) is 43.9 Å². The summed E-state index contributed by atoms with van der Waals surface area (Å²) in [5.74, 6) is 2.19. The highest BCUT2D eigenvalue weighted by molar-refractivity contribution is 5.80. The van der Waals surface area contributed by atoms with Crippen molar-refractivity contribution in [3.8, 4) is 0 Å². The van der Waals surface area contributed by atoms with E-state index in [-0.39, 0.29) is 11.9 Å². The molecular weight excluding hydrogens is 318 g/mol. The summed E-state index contributed by atoms with van der Waals surface area (Å²) in [7, 11) is 0. The van der Waals surface area contributed by atoms with E-state index < -0.39 is 0 Å². The summed E-state index contributed by atoms with van der Waals surface area (Å²) in [6.45, 7) is 10.9. The Kier molecular flexibility index (Phi) is 4.96. The molecule has 1 unspecified atom stereocenters. The van der Waals surface area contributed by atoms with E-state index in [2.05, 4.69) is 33.8 Å². The number of carbonyl (C=O) groups excluding carboxylic acids is 1. The molecule has 8 nitrogen and oxygen atoms in total. The summed E-state index contributed by atoms with van der Waals surface area (Å²) in [5, 5.41) is 4.06. The van der Waals surface area contributed by atoms with E-state index in [0.29, 0.717) is 19.0 Å². The number of aromatic nitrogens is 5. The van der Waals surface area contributed by atoms with E-state index in [0.717, 1.165) is 30.4 Å². The van der Waals surface area contributed by atoms with Crippen LogP contribution in [-0.2, 0) is 4.79 Å². The molecule has 1 atom stereocenters. The molecule has 1 amide bonds. The maximum atomic E-state index is 12.6. The maximum Gasteiger partial charge on any atom is 0.247 e. The molecule has 1 aliphatic rings. The molecule has 1 aliphatic heterocycles. The molecular formula is C17H25N7O. The first kappa shape index (κ1) is 17.3. The number of carbonyl (C=O) groups is 1. The van der Waals surface area contributed by atoms with E-state index in [1.807, 2.05) is 24.8 Å². The van der Waals surface area contributed by atoms with Gasteiger partial charge >= 0.3 is 0 Å². The first-order chi connectivity index (χ1) is 12.0. The van der Waals surface area contributed by atoms with Gasteiger partial charge in [0.2, 0.25) is 5.91 Å². The van der Waals surface area contributed by atoms with Gasteiger partial charge in [-0.1, -0.05) is 13.8 Å². The van der Waals surface area contributed by atoms with Gasteiger partial charge in [0.1, 0.15) is 30.3 Å². The number of hydrogen-bond acceptors (Lipinski definition) is 6. The lowest BCUT2D eigenvalue weighted by Crippen LogP contribution is -2.50. The van der Waals surface area contributed by atoms with Crippen LogP contribution in [0.2, 0.25) is 0 Å². The summed E-state index contributed by atoms with van der Waals surface area (Å²) in [6.07, 6.45) is 3.03. The predicted molar refractivity (Wildman–Crippen MR) is 94.4 cm³/mol. The highest BCUT2D eigenvalue weighted by Gasteiger charge is 2.27. The number of piperazine rings is 1. The number of hydrogen-bond donors (Lipinski definition) is 0. The van der Waals surface area contributed by atoms with E-state index in [4.69, 9.17) is 4.98 Å². The molecule has 0 bridgehead atoms.